The Morgan fingerprint density at radius 1 is 0.333 bits per heavy atom. The molecule has 0 aliphatic heterocycles. The van der Waals surface area contributed by atoms with Gasteiger partial charge in [0.2, 0.25) is 5.89 Å². The van der Waals surface area contributed by atoms with Crippen LogP contribution in [-0.4, -0.2) is 4.98 Å². The van der Waals surface area contributed by atoms with Crippen LogP contribution in [0.15, 0.2) is 211 Å². The molecule has 0 unspecified atom stereocenters. The van der Waals surface area contributed by atoms with E-state index in [1.165, 1.54) is 33.0 Å². The van der Waals surface area contributed by atoms with Crippen molar-refractivity contribution in [1.82, 2.24) is 4.98 Å². The van der Waals surface area contributed by atoms with Gasteiger partial charge >= 0.3 is 0 Å². The van der Waals surface area contributed by atoms with Crippen molar-refractivity contribution in [2.24, 2.45) is 0 Å². The first-order valence-electron chi connectivity index (χ1n) is 18.3. The van der Waals surface area contributed by atoms with Gasteiger partial charge in [-0.1, -0.05) is 140 Å². The second kappa shape index (κ2) is 13.4. The summed E-state index contributed by atoms with van der Waals surface area (Å²) < 4.78 is 6.38. The molecular formula is C51H34N2O. The first-order valence-corrected chi connectivity index (χ1v) is 18.3. The van der Waals surface area contributed by atoms with Gasteiger partial charge in [0.25, 0.3) is 0 Å². The Kier molecular flexibility index (Phi) is 7.81. The monoisotopic (exact) mass is 690 g/mol. The highest BCUT2D eigenvalue weighted by molar-refractivity contribution is 6.05. The van der Waals surface area contributed by atoms with Crippen LogP contribution in [0.4, 0.5) is 17.1 Å². The number of oxazole rings is 1. The normalized spacial score (nSPS) is 11.3. The van der Waals surface area contributed by atoms with Gasteiger partial charge in [0.15, 0.2) is 5.58 Å². The maximum absolute atomic E-state index is 6.38. The lowest BCUT2D eigenvalue weighted by Crippen LogP contribution is -2.10. The fourth-order valence-electron chi connectivity index (χ4n) is 7.48. The predicted molar refractivity (Wildman–Crippen MR) is 225 cm³/mol. The van der Waals surface area contributed by atoms with Crippen LogP contribution in [0.3, 0.4) is 0 Å². The van der Waals surface area contributed by atoms with E-state index in [4.69, 9.17) is 9.40 Å². The number of hydrogen-bond acceptors (Lipinski definition) is 3. The SMILES string of the molecule is c1ccc(-c2ccc(N(c3cccc(-c4ccccc4)c3)c3ccc4cc(-c5ccc6ccc7nc(-c8ccccc8)oc7c6c5)ccc4c3)cc2)cc1. The summed E-state index contributed by atoms with van der Waals surface area (Å²) in [5.41, 5.74) is 13.0. The van der Waals surface area contributed by atoms with Crippen LogP contribution in [0, 0.1) is 0 Å². The number of aromatic nitrogens is 1. The Balaban J connectivity index is 1.04. The Hall–Kier alpha value is -7.23. The van der Waals surface area contributed by atoms with Crippen LogP contribution in [0.25, 0.3) is 77.5 Å². The van der Waals surface area contributed by atoms with Gasteiger partial charge in [0.1, 0.15) is 5.52 Å². The van der Waals surface area contributed by atoms with Crippen molar-refractivity contribution in [3.05, 3.63) is 206 Å². The van der Waals surface area contributed by atoms with Gasteiger partial charge in [-0.15, -0.1) is 0 Å². The molecule has 0 bridgehead atoms. The minimum absolute atomic E-state index is 0.637. The molecule has 1 aromatic heterocycles. The van der Waals surface area contributed by atoms with Crippen molar-refractivity contribution >= 4 is 49.7 Å². The van der Waals surface area contributed by atoms with Crippen molar-refractivity contribution in [3.63, 3.8) is 0 Å². The molecule has 3 nitrogen and oxygen atoms in total. The molecule has 3 heteroatoms. The number of rotatable bonds is 7. The summed E-state index contributed by atoms with van der Waals surface area (Å²) in [7, 11) is 0. The van der Waals surface area contributed by atoms with E-state index in [1.807, 2.05) is 36.4 Å². The molecule has 0 fully saturated rings. The van der Waals surface area contributed by atoms with Crippen LogP contribution in [0.1, 0.15) is 0 Å². The summed E-state index contributed by atoms with van der Waals surface area (Å²) in [4.78, 5) is 7.16. The number of benzene rings is 9. The van der Waals surface area contributed by atoms with Crippen molar-refractivity contribution in [2.75, 3.05) is 4.90 Å². The van der Waals surface area contributed by atoms with Crippen LogP contribution in [0.5, 0.6) is 0 Å². The molecule has 0 saturated carbocycles. The summed E-state index contributed by atoms with van der Waals surface area (Å²) >= 11 is 0. The lowest BCUT2D eigenvalue weighted by atomic mass is 9.98. The largest absolute Gasteiger partial charge is 0.435 e. The minimum Gasteiger partial charge on any atom is -0.435 e. The predicted octanol–water partition coefficient (Wildman–Crippen LogP) is 14.3. The van der Waals surface area contributed by atoms with E-state index in [9.17, 15) is 0 Å². The van der Waals surface area contributed by atoms with Gasteiger partial charge < -0.3 is 9.32 Å². The molecule has 254 valence electrons. The number of anilines is 3. The highest BCUT2D eigenvalue weighted by Crippen LogP contribution is 2.40. The molecule has 0 saturated heterocycles. The second-order valence-electron chi connectivity index (χ2n) is 13.6. The molecule has 10 aromatic rings. The van der Waals surface area contributed by atoms with Gasteiger partial charge in [-0.25, -0.2) is 4.98 Å². The van der Waals surface area contributed by atoms with E-state index in [1.54, 1.807) is 0 Å². The molecule has 0 N–H and O–H groups in total. The Morgan fingerprint density at radius 3 is 1.57 bits per heavy atom. The number of fused-ring (bicyclic) bond motifs is 4. The lowest BCUT2D eigenvalue weighted by molar-refractivity contribution is 0.623. The molecule has 0 atom stereocenters. The second-order valence-corrected chi connectivity index (χ2v) is 13.6. The average Bonchev–Trinajstić information content (AvgIpc) is 3.70. The zero-order chi connectivity index (χ0) is 35.8. The third-order valence-corrected chi connectivity index (χ3v) is 10.3. The van der Waals surface area contributed by atoms with E-state index in [0.29, 0.717) is 5.89 Å². The topological polar surface area (TPSA) is 29.3 Å². The summed E-state index contributed by atoms with van der Waals surface area (Å²) in [6, 6.07) is 73.1. The molecule has 1 heterocycles. The Labute approximate surface area is 314 Å². The molecule has 54 heavy (non-hydrogen) atoms. The van der Waals surface area contributed by atoms with Crippen molar-refractivity contribution in [1.29, 1.82) is 0 Å². The smallest absolute Gasteiger partial charge is 0.227 e. The van der Waals surface area contributed by atoms with Gasteiger partial charge in [0.05, 0.1) is 0 Å². The van der Waals surface area contributed by atoms with Gasteiger partial charge in [-0.3, -0.25) is 0 Å². The maximum Gasteiger partial charge on any atom is 0.227 e. The molecule has 0 aliphatic rings. The number of hydrogen-bond donors (Lipinski definition) is 0. The molecule has 10 rings (SSSR count). The van der Waals surface area contributed by atoms with Gasteiger partial charge in [-0.05, 0) is 116 Å². The quantitative estimate of drug-likeness (QED) is 0.167. The summed E-state index contributed by atoms with van der Waals surface area (Å²) in [6.07, 6.45) is 0. The highest BCUT2D eigenvalue weighted by atomic mass is 16.3. The molecule has 9 aromatic carbocycles. The fraction of sp³-hybridized carbons (Fsp3) is 0. The fourth-order valence-corrected chi connectivity index (χ4v) is 7.48. The molecule has 0 radical (unpaired) electrons. The van der Waals surface area contributed by atoms with Crippen LogP contribution in [-0.2, 0) is 0 Å². The summed E-state index contributed by atoms with van der Waals surface area (Å²) in [6.45, 7) is 0. The Bertz CT molecular complexity index is 2920. The summed E-state index contributed by atoms with van der Waals surface area (Å²) in [5.74, 6) is 0.637. The zero-order valence-corrected chi connectivity index (χ0v) is 29.4. The summed E-state index contributed by atoms with van der Waals surface area (Å²) in [5, 5.41) is 4.53. The molecular weight excluding hydrogens is 657 g/mol. The minimum atomic E-state index is 0.637. The van der Waals surface area contributed by atoms with E-state index in [2.05, 4.69) is 175 Å². The standard InChI is InChI=1S/C51H34N2O/c1-4-11-35(12-5-1)37-23-27-45(28-24-37)53(46-18-10-17-40(32-46)36-13-6-2-7-14-36)47-29-25-42-31-41(21-22-43(42)33-47)44-20-19-38-26-30-49-50(48(38)34-44)54-51(52-49)39-15-8-3-9-16-39/h1-34H. The van der Waals surface area contributed by atoms with E-state index in [0.717, 1.165) is 55.6 Å². The highest BCUT2D eigenvalue weighted by Gasteiger charge is 2.16. The van der Waals surface area contributed by atoms with E-state index in [-0.39, 0.29) is 0 Å². The maximum atomic E-state index is 6.38. The van der Waals surface area contributed by atoms with E-state index >= 15 is 0 Å². The zero-order valence-electron chi connectivity index (χ0n) is 29.4. The van der Waals surface area contributed by atoms with Crippen molar-refractivity contribution < 1.29 is 4.42 Å². The van der Waals surface area contributed by atoms with Gasteiger partial charge in [-0.2, -0.15) is 0 Å². The Morgan fingerprint density at radius 2 is 0.833 bits per heavy atom. The van der Waals surface area contributed by atoms with Crippen LogP contribution < -0.4 is 4.90 Å². The van der Waals surface area contributed by atoms with Crippen molar-refractivity contribution in [2.45, 2.75) is 0 Å². The number of nitrogens with zero attached hydrogens (tertiary/aromatic N) is 2. The molecule has 0 amide bonds. The third kappa shape index (κ3) is 5.88. The van der Waals surface area contributed by atoms with Gasteiger partial charge in [0, 0.05) is 28.0 Å². The molecule has 0 spiro atoms. The van der Waals surface area contributed by atoms with Crippen LogP contribution in [0.2, 0.25) is 0 Å². The first kappa shape index (κ1) is 31.5. The lowest BCUT2D eigenvalue weighted by Gasteiger charge is -2.26. The van der Waals surface area contributed by atoms with E-state index < -0.39 is 0 Å². The van der Waals surface area contributed by atoms with Crippen LogP contribution >= 0.6 is 0 Å². The van der Waals surface area contributed by atoms with Crippen molar-refractivity contribution in [3.8, 4) is 44.8 Å². The molecule has 0 aliphatic carbocycles. The first-order chi connectivity index (χ1) is 26.7. The average molecular weight is 691 g/mol. The third-order valence-electron chi connectivity index (χ3n) is 10.3.